The van der Waals surface area contributed by atoms with Crippen molar-refractivity contribution in [3.8, 4) is 0 Å². The number of alkyl halides is 24. The van der Waals surface area contributed by atoms with E-state index in [0.29, 0.717) is 11.5 Å². The lowest BCUT2D eigenvalue weighted by molar-refractivity contribution is -0.636. The van der Waals surface area contributed by atoms with Crippen LogP contribution in [0.2, 0.25) is 0 Å². The van der Waals surface area contributed by atoms with Gasteiger partial charge in [0.2, 0.25) is 0 Å². The summed E-state index contributed by atoms with van der Waals surface area (Å²) in [6.45, 7) is 0. The first-order valence-corrected chi connectivity index (χ1v) is 22.4. The Morgan fingerprint density at radius 2 is 0.486 bits per heavy atom. The molecule has 0 N–H and O–H groups in total. The predicted molar refractivity (Wildman–Crippen MR) is 210 cm³/mol. The van der Waals surface area contributed by atoms with Crippen molar-refractivity contribution in [1.82, 2.24) is 0 Å². The van der Waals surface area contributed by atoms with E-state index in [4.69, 9.17) is 8.83 Å². The molecule has 0 amide bonds. The van der Waals surface area contributed by atoms with Crippen LogP contribution in [0, 0.1) is 7.53 Å². The van der Waals surface area contributed by atoms with Crippen molar-refractivity contribution >= 4 is 53.3 Å². The zero-order valence-electron chi connectivity index (χ0n) is 34.4. The molecule has 392 valence electrons. The molecule has 2 heterocycles. The van der Waals surface area contributed by atoms with E-state index in [0.717, 1.165) is 18.7 Å². The Balaban J connectivity index is 0.000000542. The van der Waals surface area contributed by atoms with Crippen LogP contribution in [-0.2, 0) is 60.9 Å². The molecule has 6 rings (SSSR count). The average molecular weight is 1220 g/mol. The highest BCUT2D eigenvalue weighted by Crippen LogP contribution is 2.41. The van der Waals surface area contributed by atoms with Gasteiger partial charge in [0.05, 0.1) is 57.0 Å². The molecule has 0 bridgehead atoms. The van der Waals surface area contributed by atoms with Gasteiger partial charge in [-0.05, 0) is 24.3 Å². The number of hydrogen-bond donors (Lipinski definition) is 2. The molecule has 0 atom stereocenters. The van der Waals surface area contributed by atoms with Gasteiger partial charge in [0.25, 0.3) is 0 Å². The molecule has 0 aliphatic rings. The monoisotopic (exact) mass is 1220 g/mol. The lowest BCUT2D eigenvalue weighted by Gasteiger charge is -2.46. The predicted octanol–water partition coefficient (Wildman–Crippen LogP) is 11.1. The maximum Gasteiger partial charge on any atom is 0.442 e. The van der Waals surface area contributed by atoms with Crippen LogP contribution < -0.4 is 43.1 Å². The second-order valence-electron chi connectivity index (χ2n) is 15.2. The Kier molecular flexibility index (Phi) is 16.3. The molecule has 0 spiro atoms. The molecule has 72 heavy (non-hydrogen) atoms. The number of benzene rings is 4. The van der Waals surface area contributed by atoms with Crippen LogP contribution in [0.4, 0.5) is 105 Å². The Morgan fingerprint density at radius 1 is 0.306 bits per heavy atom. The highest BCUT2D eigenvalue weighted by molar-refractivity contribution is 7.79. The van der Waals surface area contributed by atoms with Crippen LogP contribution in [-0.4, -0.2) is 6.15 Å². The smallest absolute Gasteiger partial charge is 0.426 e. The van der Waals surface area contributed by atoms with E-state index < -0.39 is 195 Å². The van der Waals surface area contributed by atoms with E-state index >= 15 is 0 Å². The van der Waals surface area contributed by atoms with Crippen LogP contribution in [0.5, 0.6) is 0 Å². The summed E-state index contributed by atoms with van der Waals surface area (Å²) in [6.07, 6.45) is -51.3. The van der Waals surface area contributed by atoms with Crippen LogP contribution in [0.1, 0.15) is 55.6 Å². The summed E-state index contributed by atoms with van der Waals surface area (Å²) in [5.74, 6) is 1.43. The van der Waals surface area contributed by atoms with Gasteiger partial charge in [-0.15, -0.1) is 0 Å². The Labute approximate surface area is 408 Å². The summed E-state index contributed by atoms with van der Waals surface area (Å²) in [7, 11) is 0. The van der Waals surface area contributed by atoms with Crippen molar-refractivity contribution in [3.63, 3.8) is 0 Å². The molecule has 0 aliphatic heterocycles. The van der Waals surface area contributed by atoms with Gasteiger partial charge in [-0.25, -0.2) is 0 Å². The number of furan rings is 2. The van der Waals surface area contributed by atoms with Crippen molar-refractivity contribution in [3.05, 3.63) is 161 Å². The second kappa shape index (κ2) is 20.2. The normalized spacial score (nSPS) is 13.6. The quantitative estimate of drug-likeness (QED) is 0.0688. The number of rotatable bonds is 8. The third-order valence-corrected chi connectivity index (χ3v) is 13.2. The Hall–Kier alpha value is -4.75. The van der Waals surface area contributed by atoms with E-state index in [1.807, 2.05) is 12.1 Å². The highest BCUT2D eigenvalue weighted by Gasteiger charge is 2.47. The summed E-state index contributed by atoms with van der Waals surface area (Å²) in [5, 5.41) is 0. The molecular weight excluding hydrogens is 1190 g/mol. The van der Waals surface area contributed by atoms with Gasteiger partial charge in [0, 0.05) is 34.8 Å². The summed E-state index contributed by atoms with van der Waals surface area (Å²) in [5.41, 5.74) is -28.0. The van der Waals surface area contributed by atoms with Gasteiger partial charge in [-0.1, -0.05) is 48.5 Å². The van der Waals surface area contributed by atoms with Crippen molar-refractivity contribution in [1.29, 1.82) is 0 Å². The molecule has 0 saturated carbocycles. The molecule has 2 aromatic heterocycles. The fraction of sp³-hybridized carbons (Fsp3) is 0.238. The van der Waals surface area contributed by atoms with Crippen molar-refractivity contribution in [2.24, 2.45) is 0 Å². The molecule has 30 heteroatoms. The minimum absolute atomic E-state index is 0.343. The highest BCUT2D eigenvalue weighted by atomic mass is 127. The topological polar surface area (TPSA) is 26.3 Å². The lowest BCUT2D eigenvalue weighted by atomic mass is 9.12. The number of hydrogen-bond acceptors (Lipinski definition) is 4. The van der Waals surface area contributed by atoms with Gasteiger partial charge >= 0.3 is 78.1 Å². The summed E-state index contributed by atoms with van der Waals surface area (Å²) < 4.78 is 354. The molecule has 0 radical (unpaired) electrons. The molecule has 0 saturated heterocycles. The third-order valence-electron chi connectivity index (χ3n) is 10.2. The lowest BCUT2D eigenvalue weighted by Crippen LogP contribution is -3.61. The zero-order valence-corrected chi connectivity index (χ0v) is 38.3. The van der Waals surface area contributed by atoms with E-state index in [-0.39, 0.29) is 21.2 Å². The third kappa shape index (κ3) is 13.5. The minimum Gasteiger partial charge on any atom is -0.426 e. The second-order valence-corrected chi connectivity index (χ2v) is 18.4. The molecule has 6 aromatic rings. The van der Waals surface area contributed by atoms with Crippen LogP contribution in [0.15, 0.2) is 106 Å². The maximum absolute atomic E-state index is 14.2. The van der Waals surface area contributed by atoms with Crippen LogP contribution in [0.25, 0.3) is 0 Å². The zero-order chi connectivity index (χ0) is 54.6. The van der Waals surface area contributed by atoms with Crippen molar-refractivity contribution in [2.75, 3.05) is 0 Å². The fourth-order valence-electron chi connectivity index (χ4n) is 7.12. The van der Waals surface area contributed by atoms with E-state index in [9.17, 15) is 105 Å². The average Bonchev–Trinajstić information content (AvgIpc) is 3.91. The standard InChI is InChI=1S/C32H12BF24.C10H9IO2S2/c34-25(35,36)13-1-14(26(37,38)39)6-21(5-13)33(22-7-15(27(40,41)42)2-16(8-22)28(43,44)45,23-9-17(29(46,47)48)3-18(10-23)30(49,50)51)24-11-19(31(52,53)54)4-20(12-24)32(55,56)57;14-5-7-1-9(12-3-7)11-10-2-8(6-15)4-13-10/h1-12H;1-4H,5-6H2,(H-,14,15)/q-1;/p+1. The molecule has 2 nitrogen and oxygen atoms in total. The SMILES string of the molecule is FC(F)(F)c1cc([B-](c2cc(C(F)(F)F)cc(C(F)(F)F)c2)(c2cc(C(F)(F)F)cc(C(F)(F)F)c2)c2cc(C(F)(F)F)cc(C(F)(F)F)c2)cc(C(F)(F)F)c1.SCc1coc([I+]c2cc(CS)co2)c1. The summed E-state index contributed by atoms with van der Waals surface area (Å²) in [4.78, 5) is 0. The van der Waals surface area contributed by atoms with E-state index in [1.165, 1.54) is 0 Å². The van der Waals surface area contributed by atoms with Gasteiger partial charge in [0.15, 0.2) is 0 Å². The Bertz CT molecular complexity index is 2400. The minimum atomic E-state index is -6.13. The van der Waals surface area contributed by atoms with E-state index in [2.05, 4.69) is 25.3 Å². The maximum atomic E-state index is 14.2. The van der Waals surface area contributed by atoms with Crippen molar-refractivity contribution in [2.45, 2.75) is 60.9 Å². The number of halogens is 25. The van der Waals surface area contributed by atoms with Gasteiger partial charge in [-0.2, -0.15) is 152 Å². The molecule has 0 unspecified atom stereocenters. The first kappa shape index (κ1) is 58.1. The largest absolute Gasteiger partial charge is 0.442 e. The van der Waals surface area contributed by atoms with Crippen LogP contribution in [0.3, 0.4) is 0 Å². The first-order valence-electron chi connectivity index (χ1n) is 18.9. The first-order chi connectivity index (χ1) is 32.6. The van der Waals surface area contributed by atoms with Gasteiger partial charge in [0.1, 0.15) is 6.15 Å². The summed E-state index contributed by atoms with van der Waals surface area (Å²) in [6, 6.07) is -4.72. The van der Waals surface area contributed by atoms with Gasteiger partial charge in [-0.3, -0.25) is 0 Å². The van der Waals surface area contributed by atoms with Gasteiger partial charge < -0.3 is 8.83 Å². The molecule has 0 fully saturated rings. The molecular formula is C42H22BF24IO2S2. The van der Waals surface area contributed by atoms with Crippen molar-refractivity contribution < 1.29 is 135 Å². The van der Waals surface area contributed by atoms with Crippen LogP contribution >= 0.6 is 25.3 Å². The summed E-state index contributed by atoms with van der Waals surface area (Å²) >= 11 is 8.03. The van der Waals surface area contributed by atoms with E-state index in [1.54, 1.807) is 12.5 Å². The Morgan fingerprint density at radius 3 is 0.625 bits per heavy atom. The number of thiol groups is 2. The fourth-order valence-corrected chi connectivity index (χ4v) is 9.59. The molecule has 0 aliphatic carbocycles. The molecule has 4 aromatic carbocycles.